The quantitative estimate of drug-likeness (QED) is 0.209. The molecule has 4 heteroatoms. The molecule has 0 spiro atoms. The van der Waals surface area contributed by atoms with Crippen LogP contribution in [-0.2, 0) is 14.3 Å². The van der Waals surface area contributed by atoms with Crippen molar-refractivity contribution in [1.29, 1.82) is 0 Å². The van der Waals surface area contributed by atoms with Crippen LogP contribution in [0.25, 0.3) is 0 Å². The first-order valence-corrected chi connectivity index (χ1v) is 11.6. The molecule has 0 amide bonds. The Labute approximate surface area is 136 Å². The maximum absolute atomic E-state index is 11.6. The molecule has 0 radical (unpaired) electrons. The molecule has 0 rings (SSSR count). The van der Waals surface area contributed by atoms with Crippen molar-refractivity contribution in [3.8, 4) is 11.5 Å². The fourth-order valence-corrected chi connectivity index (χ4v) is 2.55. The lowest BCUT2D eigenvalue weighted by atomic mass is 10.0. The molecule has 0 saturated heterocycles. The number of esters is 1. The summed E-state index contributed by atoms with van der Waals surface area (Å²) in [5.74, 6) is 3.18. The third-order valence-corrected chi connectivity index (χ3v) is 3.85. The van der Waals surface area contributed by atoms with Crippen LogP contribution in [0, 0.1) is 11.5 Å². The summed E-state index contributed by atoms with van der Waals surface area (Å²) in [6.07, 6.45) is 6.43. The summed E-state index contributed by atoms with van der Waals surface area (Å²) in [5, 5.41) is 0. The zero-order valence-corrected chi connectivity index (χ0v) is 15.8. The van der Waals surface area contributed by atoms with Gasteiger partial charge in [0.15, 0.2) is 0 Å². The second-order valence-corrected chi connectivity index (χ2v) is 11.3. The zero-order valence-electron chi connectivity index (χ0n) is 14.8. The van der Waals surface area contributed by atoms with Crippen LogP contribution in [-0.4, -0.2) is 26.4 Å². The number of rotatable bonds is 9. The number of hydrogen-bond acceptors (Lipinski definition) is 3. The lowest BCUT2D eigenvalue weighted by Gasteiger charge is -2.07. The van der Waals surface area contributed by atoms with Gasteiger partial charge in [-0.1, -0.05) is 25.2 Å². The van der Waals surface area contributed by atoms with Crippen LogP contribution < -0.4 is 0 Å². The van der Waals surface area contributed by atoms with Crippen molar-refractivity contribution in [3.63, 3.8) is 0 Å². The summed E-state index contributed by atoms with van der Waals surface area (Å²) in [4.78, 5) is 22.6. The maximum Gasteiger partial charge on any atom is 0.330 e. The van der Waals surface area contributed by atoms with E-state index in [0.717, 1.165) is 37.7 Å². The molecule has 0 aliphatic rings. The molecule has 0 unspecified atom stereocenters. The van der Waals surface area contributed by atoms with Crippen LogP contribution in [0.5, 0.6) is 0 Å². The SMILES string of the molecule is CCOC(=O)/C=C(\CCC#C[Si](C)(C)C)CCCCC(C)=O. The van der Waals surface area contributed by atoms with E-state index in [4.69, 9.17) is 4.74 Å². The van der Waals surface area contributed by atoms with Gasteiger partial charge in [0.05, 0.1) is 6.61 Å². The van der Waals surface area contributed by atoms with E-state index in [2.05, 4.69) is 31.1 Å². The summed E-state index contributed by atoms with van der Waals surface area (Å²) in [7, 11) is -1.33. The number of unbranched alkanes of at least 4 members (excludes halogenated alkanes) is 1. The summed E-state index contributed by atoms with van der Waals surface area (Å²) < 4.78 is 4.98. The molecular weight excluding hydrogens is 292 g/mol. The predicted octanol–water partition coefficient (Wildman–Crippen LogP) is 4.29. The molecular formula is C18H30O3Si. The number of ketones is 1. The monoisotopic (exact) mass is 322 g/mol. The second-order valence-electron chi connectivity index (χ2n) is 6.52. The standard InChI is InChI=1S/C18H30O3Si/c1-6-21-18(20)15-17(12-8-7-11-16(2)19)13-9-10-14-22(3,4)5/h15H,6-9,11-13H2,1-5H3/b17-15-. The van der Waals surface area contributed by atoms with Gasteiger partial charge >= 0.3 is 5.97 Å². The van der Waals surface area contributed by atoms with E-state index >= 15 is 0 Å². The topological polar surface area (TPSA) is 43.4 Å². The summed E-state index contributed by atoms with van der Waals surface area (Å²) in [6, 6.07) is 0. The first-order valence-electron chi connectivity index (χ1n) is 8.10. The van der Waals surface area contributed by atoms with E-state index in [-0.39, 0.29) is 11.8 Å². The molecule has 0 aliphatic heterocycles. The van der Waals surface area contributed by atoms with Crippen LogP contribution in [0.3, 0.4) is 0 Å². The molecule has 0 aromatic heterocycles. The number of hydrogen-bond donors (Lipinski definition) is 0. The van der Waals surface area contributed by atoms with E-state index in [1.165, 1.54) is 0 Å². The van der Waals surface area contributed by atoms with Gasteiger partial charge in [-0.3, -0.25) is 0 Å². The summed E-state index contributed by atoms with van der Waals surface area (Å²) >= 11 is 0. The third-order valence-electron chi connectivity index (χ3n) is 2.92. The summed E-state index contributed by atoms with van der Waals surface area (Å²) in [5.41, 5.74) is 4.41. The number of Topliss-reactive ketones (excluding diaryl/α,β-unsaturated/α-hetero) is 1. The Morgan fingerprint density at radius 2 is 1.73 bits per heavy atom. The van der Waals surface area contributed by atoms with Gasteiger partial charge in [-0.05, 0) is 39.5 Å². The highest BCUT2D eigenvalue weighted by atomic mass is 28.3. The first kappa shape index (κ1) is 20.7. The van der Waals surface area contributed by atoms with Crippen molar-refractivity contribution in [1.82, 2.24) is 0 Å². The van der Waals surface area contributed by atoms with Gasteiger partial charge in [0.1, 0.15) is 13.9 Å². The number of carbonyl (C=O) groups excluding carboxylic acids is 2. The highest BCUT2D eigenvalue weighted by molar-refractivity contribution is 6.83. The normalized spacial score (nSPS) is 11.6. The highest BCUT2D eigenvalue weighted by Gasteiger charge is 2.07. The minimum atomic E-state index is -1.33. The van der Waals surface area contributed by atoms with Crippen LogP contribution >= 0.6 is 0 Å². The smallest absolute Gasteiger partial charge is 0.330 e. The van der Waals surface area contributed by atoms with Gasteiger partial charge in [0, 0.05) is 18.9 Å². The van der Waals surface area contributed by atoms with Gasteiger partial charge in [-0.2, -0.15) is 0 Å². The molecule has 22 heavy (non-hydrogen) atoms. The number of carbonyl (C=O) groups is 2. The molecule has 124 valence electrons. The molecule has 0 aliphatic carbocycles. The zero-order chi connectivity index (χ0) is 17.0. The van der Waals surface area contributed by atoms with Gasteiger partial charge in [0.2, 0.25) is 0 Å². The molecule has 0 saturated carbocycles. The Kier molecular flexibility index (Phi) is 10.6. The minimum absolute atomic E-state index is 0.219. The number of allylic oxidation sites excluding steroid dienone is 1. The van der Waals surface area contributed by atoms with Gasteiger partial charge in [-0.15, -0.1) is 11.5 Å². The Balaban J connectivity index is 4.48. The van der Waals surface area contributed by atoms with E-state index in [0.29, 0.717) is 13.0 Å². The molecule has 0 fully saturated rings. The van der Waals surface area contributed by atoms with Crippen LogP contribution in [0.4, 0.5) is 0 Å². The lowest BCUT2D eigenvalue weighted by molar-refractivity contribution is -0.137. The Morgan fingerprint density at radius 3 is 2.27 bits per heavy atom. The largest absolute Gasteiger partial charge is 0.463 e. The number of ether oxygens (including phenoxy) is 1. The Hall–Kier alpha value is -1.34. The van der Waals surface area contributed by atoms with Crippen LogP contribution in [0.2, 0.25) is 19.6 Å². The molecule has 0 atom stereocenters. The highest BCUT2D eigenvalue weighted by Crippen LogP contribution is 2.15. The van der Waals surface area contributed by atoms with Crippen molar-refractivity contribution in [3.05, 3.63) is 11.6 Å². The lowest BCUT2D eigenvalue weighted by Crippen LogP contribution is -2.16. The van der Waals surface area contributed by atoms with Gasteiger partial charge in [0.25, 0.3) is 0 Å². The minimum Gasteiger partial charge on any atom is -0.463 e. The van der Waals surface area contributed by atoms with Crippen LogP contribution in [0.15, 0.2) is 11.6 Å². The molecule has 0 N–H and O–H groups in total. The summed E-state index contributed by atoms with van der Waals surface area (Å²) in [6.45, 7) is 10.5. The average molecular weight is 323 g/mol. The predicted molar refractivity (Wildman–Crippen MR) is 94.2 cm³/mol. The fourth-order valence-electron chi connectivity index (χ4n) is 1.90. The second kappa shape index (κ2) is 11.3. The first-order chi connectivity index (χ1) is 10.2. The Morgan fingerprint density at radius 1 is 1.09 bits per heavy atom. The molecule has 0 aromatic rings. The van der Waals surface area contributed by atoms with E-state index in [1.54, 1.807) is 19.9 Å². The van der Waals surface area contributed by atoms with Gasteiger partial charge in [-0.25, -0.2) is 4.79 Å². The molecule has 0 bridgehead atoms. The van der Waals surface area contributed by atoms with Crippen molar-refractivity contribution in [2.45, 2.75) is 72.0 Å². The van der Waals surface area contributed by atoms with Crippen molar-refractivity contribution >= 4 is 19.8 Å². The Bertz CT molecular complexity index is 447. The van der Waals surface area contributed by atoms with E-state index < -0.39 is 8.07 Å². The van der Waals surface area contributed by atoms with Crippen molar-refractivity contribution in [2.24, 2.45) is 0 Å². The van der Waals surface area contributed by atoms with Crippen molar-refractivity contribution in [2.75, 3.05) is 6.61 Å². The molecule has 3 nitrogen and oxygen atoms in total. The fraction of sp³-hybridized carbons (Fsp3) is 0.667. The maximum atomic E-state index is 11.6. The molecule has 0 aromatic carbocycles. The average Bonchev–Trinajstić information content (AvgIpc) is 2.38. The van der Waals surface area contributed by atoms with E-state index in [9.17, 15) is 9.59 Å². The third kappa shape index (κ3) is 13.6. The van der Waals surface area contributed by atoms with Crippen LogP contribution in [0.1, 0.15) is 52.4 Å². The van der Waals surface area contributed by atoms with Crippen molar-refractivity contribution < 1.29 is 14.3 Å². The molecule has 0 heterocycles. The van der Waals surface area contributed by atoms with E-state index in [1.807, 2.05) is 0 Å². The van der Waals surface area contributed by atoms with Gasteiger partial charge < -0.3 is 9.53 Å².